The molecule has 2 aliphatic rings. The van der Waals surface area contributed by atoms with E-state index in [4.69, 9.17) is 4.74 Å². The number of allylic oxidation sites excluding steroid dienone is 3. The Balaban J connectivity index is 0.000000880. The summed E-state index contributed by atoms with van der Waals surface area (Å²) in [5, 5.41) is 3.19. The van der Waals surface area contributed by atoms with Crippen molar-refractivity contribution in [2.24, 2.45) is 5.73 Å². The van der Waals surface area contributed by atoms with Crippen LogP contribution in [0.2, 0.25) is 0 Å². The highest BCUT2D eigenvalue weighted by Crippen LogP contribution is 2.44. The Labute approximate surface area is 149 Å². The molecule has 2 aromatic rings. The minimum Gasteiger partial charge on any atom is -0.456 e. The summed E-state index contributed by atoms with van der Waals surface area (Å²) in [6.07, 6.45) is 7.45. The molecule has 1 heterocycles. The number of rotatable bonds is 2. The van der Waals surface area contributed by atoms with Gasteiger partial charge in [-0.3, -0.25) is 0 Å². The molecular formula is C22H24N2O. The van der Waals surface area contributed by atoms with Gasteiger partial charge in [0.25, 0.3) is 0 Å². The van der Waals surface area contributed by atoms with Crippen LogP contribution in [0.1, 0.15) is 23.1 Å². The van der Waals surface area contributed by atoms with Gasteiger partial charge in [-0.25, -0.2) is 0 Å². The topological polar surface area (TPSA) is 47.3 Å². The fourth-order valence-corrected chi connectivity index (χ4v) is 3.23. The van der Waals surface area contributed by atoms with Crippen molar-refractivity contribution in [2.75, 3.05) is 19.4 Å². The summed E-state index contributed by atoms with van der Waals surface area (Å²) in [4.78, 5) is 0. The molecule has 1 aliphatic heterocycles. The Bertz CT molecular complexity index is 875. The molecule has 0 spiro atoms. The molecule has 2 aromatic carbocycles. The van der Waals surface area contributed by atoms with E-state index in [1.54, 1.807) is 0 Å². The summed E-state index contributed by atoms with van der Waals surface area (Å²) >= 11 is 0. The smallest absolute Gasteiger partial charge is 0.137 e. The van der Waals surface area contributed by atoms with Crippen LogP contribution in [-0.4, -0.2) is 14.1 Å². The number of hydrogen-bond acceptors (Lipinski definition) is 3. The minimum atomic E-state index is 0.917. The van der Waals surface area contributed by atoms with Crippen LogP contribution in [0, 0.1) is 6.92 Å². The van der Waals surface area contributed by atoms with Crippen LogP contribution in [0.25, 0.3) is 5.57 Å². The van der Waals surface area contributed by atoms with Crippen molar-refractivity contribution < 1.29 is 4.74 Å². The molecule has 0 amide bonds. The second-order valence-corrected chi connectivity index (χ2v) is 5.87. The molecule has 3 N–H and O–H groups in total. The van der Waals surface area contributed by atoms with Gasteiger partial charge in [0.1, 0.15) is 11.5 Å². The zero-order valence-electron chi connectivity index (χ0n) is 15.0. The molecule has 128 valence electrons. The number of anilines is 1. The van der Waals surface area contributed by atoms with Gasteiger partial charge in [-0.1, -0.05) is 36.4 Å². The molecule has 0 bridgehead atoms. The van der Waals surface area contributed by atoms with Crippen molar-refractivity contribution in [3.05, 3.63) is 88.7 Å². The molecule has 1 aliphatic carbocycles. The van der Waals surface area contributed by atoms with Crippen molar-refractivity contribution in [1.29, 1.82) is 0 Å². The minimum absolute atomic E-state index is 0.917. The number of nitrogens with one attached hydrogen (secondary N) is 1. The van der Waals surface area contributed by atoms with Gasteiger partial charge in [-0.05, 0) is 49.7 Å². The predicted octanol–water partition coefficient (Wildman–Crippen LogP) is 4.65. The number of fused-ring (bicyclic) bond motifs is 2. The van der Waals surface area contributed by atoms with Crippen molar-refractivity contribution in [2.45, 2.75) is 13.3 Å². The molecule has 0 saturated carbocycles. The van der Waals surface area contributed by atoms with E-state index in [0.29, 0.717) is 0 Å². The van der Waals surface area contributed by atoms with Crippen LogP contribution in [0.15, 0.2) is 72.0 Å². The standard InChI is InChI=1S/C21H19NO.CH5N/c1-14-7-3-4-8-16(14)21-17-9-5-6-10-19(17)23-20-13-15(22-2)11-12-18(20)21;1-2/h3-5,7-13,22H,6H2,1-2H3;2H2,1H3. The number of hydrogen-bond donors (Lipinski definition) is 2. The first-order valence-corrected chi connectivity index (χ1v) is 8.53. The van der Waals surface area contributed by atoms with E-state index in [1.165, 1.54) is 29.3 Å². The van der Waals surface area contributed by atoms with Gasteiger partial charge >= 0.3 is 0 Å². The molecule has 0 fully saturated rings. The normalized spacial score (nSPS) is 14.5. The van der Waals surface area contributed by atoms with Crippen molar-refractivity contribution in [1.82, 2.24) is 0 Å². The Kier molecular flexibility index (Phi) is 5.05. The Hall–Kier alpha value is -2.78. The first-order chi connectivity index (χ1) is 12.3. The van der Waals surface area contributed by atoms with Crippen LogP contribution in [0.5, 0.6) is 5.75 Å². The third-order valence-electron chi connectivity index (χ3n) is 4.43. The molecule has 0 radical (unpaired) electrons. The van der Waals surface area contributed by atoms with Crippen LogP contribution in [-0.2, 0) is 0 Å². The third-order valence-corrected chi connectivity index (χ3v) is 4.43. The quantitative estimate of drug-likeness (QED) is 0.841. The number of ether oxygens (including phenoxy) is 1. The average molecular weight is 332 g/mol. The SMILES string of the molecule is CN.CNc1ccc2c(c1)OC1=CCC=CC1=C2c1ccccc1C. The Morgan fingerprint density at radius 2 is 1.84 bits per heavy atom. The van der Waals surface area contributed by atoms with Crippen LogP contribution in [0.4, 0.5) is 5.69 Å². The summed E-state index contributed by atoms with van der Waals surface area (Å²) in [6.45, 7) is 2.16. The second kappa shape index (κ2) is 7.41. The molecular weight excluding hydrogens is 308 g/mol. The molecule has 0 unspecified atom stereocenters. The van der Waals surface area contributed by atoms with Crippen molar-refractivity contribution in [3.63, 3.8) is 0 Å². The third kappa shape index (κ3) is 3.11. The summed E-state index contributed by atoms with van der Waals surface area (Å²) in [5.41, 5.74) is 11.7. The van der Waals surface area contributed by atoms with Crippen molar-refractivity contribution in [3.8, 4) is 5.75 Å². The highest BCUT2D eigenvalue weighted by Gasteiger charge is 2.26. The summed E-state index contributed by atoms with van der Waals surface area (Å²) in [5.74, 6) is 1.88. The number of nitrogens with two attached hydrogens (primary N) is 1. The zero-order valence-corrected chi connectivity index (χ0v) is 15.0. The first-order valence-electron chi connectivity index (χ1n) is 8.53. The lowest BCUT2D eigenvalue weighted by atomic mass is 9.86. The van der Waals surface area contributed by atoms with Gasteiger partial charge < -0.3 is 15.8 Å². The fourth-order valence-electron chi connectivity index (χ4n) is 3.23. The molecule has 3 nitrogen and oxygen atoms in total. The van der Waals surface area contributed by atoms with Gasteiger partial charge in [-0.2, -0.15) is 0 Å². The summed E-state index contributed by atoms with van der Waals surface area (Å²) in [7, 11) is 3.43. The van der Waals surface area contributed by atoms with Gasteiger partial charge in [0.15, 0.2) is 0 Å². The molecule has 25 heavy (non-hydrogen) atoms. The van der Waals surface area contributed by atoms with E-state index in [9.17, 15) is 0 Å². The van der Waals surface area contributed by atoms with E-state index in [1.807, 2.05) is 7.05 Å². The second-order valence-electron chi connectivity index (χ2n) is 5.87. The van der Waals surface area contributed by atoms with Gasteiger partial charge in [0.2, 0.25) is 0 Å². The van der Waals surface area contributed by atoms with Crippen LogP contribution in [0.3, 0.4) is 0 Å². The highest BCUT2D eigenvalue weighted by molar-refractivity contribution is 5.92. The monoisotopic (exact) mass is 332 g/mol. The lowest BCUT2D eigenvalue weighted by Gasteiger charge is -2.27. The van der Waals surface area contributed by atoms with Gasteiger partial charge in [0.05, 0.1) is 0 Å². The molecule has 0 aromatic heterocycles. The number of benzene rings is 2. The van der Waals surface area contributed by atoms with E-state index in [-0.39, 0.29) is 0 Å². The van der Waals surface area contributed by atoms with Gasteiger partial charge in [-0.15, -0.1) is 0 Å². The summed E-state index contributed by atoms with van der Waals surface area (Å²) < 4.78 is 6.18. The van der Waals surface area contributed by atoms with Gasteiger partial charge in [0, 0.05) is 35.5 Å². The predicted molar refractivity (Wildman–Crippen MR) is 106 cm³/mol. The lowest BCUT2D eigenvalue weighted by Crippen LogP contribution is -2.12. The largest absolute Gasteiger partial charge is 0.456 e. The van der Waals surface area contributed by atoms with E-state index in [0.717, 1.165) is 29.2 Å². The average Bonchev–Trinajstić information content (AvgIpc) is 2.68. The van der Waals surface area contributed by atoms with E-state index in [2.05, 4.69) is 78.7 Å². The maximum atomic E-state index is 6.18. The zero-order chi connectivity index (χ0) is 17.8. The van der Waals surface area contributed by atoms with Crippen LogP contribution < -0.4 is 15.8 Å². The lowest BCUT2D eigenvalue weighted by molar-refractivity contribution is 0.430. The molecule has 0 saturated heterocycles. The highest BCUT2D eigenvalue weighted by atomic mass is 16.5. The maximum Gasteiger partial charge on any atom is 0.137 e. The molecule has 4 rings (SSSR count). The first kappa shape index (κ1) is 17.1. The molecule has 0 atom stereocenters. The molecule has 3 heteroatoms. The maximum absolute atomic E-state index is 6.18. The number of aryl methyl sites for hydroxylation is 1. The van der Waals surface area contributed by atoms with E-state index >= 15 is 0 Å². The van der Waals surface area contributed by atoms with Crippen molar-refractivity contribution >= 4 is 11.3 Å². The fraction of sp³-hybridized carbons (Fsp3) is 0.182. The van der Waals surface area contributed by atoms with Crippen LogP contribution >= 0.6 is 0 Å². The Morgan fingerprint density at radius 3 is 2.60 bits per heavy atom. The van der Waals surface area contributed by atoms with E-state index < -0.39 is 0 Å². The Morgan fingerprint density at radius 1 is 1.04 bits per heavy atom. The summed E-state index contributed by atoms with van der Waals surface area (Å²) in [6, 6.07) is 14.9.